The number of anilines is 2. The summed E-state index contributed by atoms with van der Waals surface area (Å²) in [4.78, 5) is 15.3. The van der Waals surface area contributed by atoms with Crippen LogP contribution in [0.5, 0.6) is 0 Å². The highest BCUT2D eigenvalue weighted by atomic mass is 15.2. The zero-order chi connectivity index (χ0) is 14.4. The molecule has 20 heavy (non-hydrogen) atoms. The van der Waals surface area contributed by atoms with Gasteiger partial charge in [0.1, 0.15) is 5.82 Å². The number of pyridine rings is 1. The van der Waals surface area contributed by atoms with Crippen LogP contribution in [0.3, 0.4) is 0 Å². The molecule has 0 saturated carbocycles. The highest BCUT2D eigenvalue weighted by molar-refractivity contribution is 5.48. The van der Waals surface area contributed by atoms with E-state index in [0.717, 1.165) is 36.6 Å². The summed E-state index contributed by atoms with van der Waals surface area (Å²) in [6.07, 6.45) is 4.72. The Morgan fingerprint density at radius 3 is 2.80 bits per heavy atom. The minimum Gasteiger partial charge on any atom is -0.354 e. The Hall–Kier alpha value is -2.17. The van der Waals surface area contributed by atoms with Crippen molar-refractivity contribution in [1.82, 2.24) is 15.0 Å². The van der Waals surface area contributed by atoms with Crippen molar-refractivity contribution in [1.29, 1.82) is 0 Å². The van der Waals surface area contributed by atoms with Crippen LogP contribution >= 0.6 is 0 Å². The van der Waals surface area contributed by atoms with Gasteiger partial charge in [-0.2, -0.15) is 4.98 Å². The summed E-state index contributed by atoms with van der Waals surface area (Å²) in [6, 6.07) is 5.94. The second kappa shape index (κ2) is 6.84. The second-order valence-corrected chi connectivity index (χ2v) is 4.80. The Bertz CT molecular complexity index is 541. The van der Waals surface area contributed by atoms with E-state index < -0.39 is 0 Å². The summed E-state index contributed by atoms with van der Waals surface area (Å²) in [6.45, 7) is 5.75. The third-order valence-corrected chi connectivity index (χ3v) is 2.96. The minimum atomic E-state index is 0.681. The topological polar surface area (TPSA) is 53.9 Å². The van der Waals surface area contributed by atoms with Gasteiger partial charge in [0.2, 0.25) is 5.95 Å². The largest absolute Gasteiger partial charge is 0.354 e. The fourth-order valence-corrected chi connectivity index (χ4v) is 1.95. The first-order chi connectivity index (χ1) is 9.70. The summed E-state index contributed by atoms with van der Waals surface area (Å²) in [7, 11) is 2.02. The molecule has 0 aliphatic rings. The first-order valence-electron chi connectivity index (χ1n) is 6.89. The van der Waals surface area contributed by atoms with E-state index in [9.17, 15) is 0 Å². The molecule has 106 valence electrons. The Kier molecular flexibility index (Phi) is 4.87. The smallest absolute Gasteiger partial charge is 0.224 e. The molecule has 0 aliphatic heterocycles. The lowest BCUT2D eigenvalue weighted by molar-refractivity contribution is 0.851. The first kappa shape index (κ1) is 14.2. The number of nitrogens with zero attached hydrogens (tertiary/aromatic N) is 4. The van der Waals surface area contributed by atoms with Gasteiger partial charge in [-0.25, -0.2) is 4.98 Å². The lowest BCUT2D eigenvalue weighted by atomic mass is 10.3. The summed E-state index contributed by atoms with van der Waals surface area (Å²) in [5.74, 6) is 1.62. The lowest BCUT2D eigenvalue weighted by Crippen LogP contribution is -2.20. The molecule has 0 spiro atoms. The summed E-state index contributed by atoms with van der Waals surface area (Å²) in [5, 5.41) is 3.22. The number of hydrogen-bond donors (Lipinski definition) is 1. The number of hydrogen-bond acceptors (Lipinski definition) is 5. The average molecular weight is 271 g/mol. The minimum absolute atomic E-state index is 0.681. The fraction of sp³-hybridized carbons (Fsp3) is 0.400. The van der Waals surface area contributed by atoms with E-state index in [1.165, 1.54) is 0 Å². The molecule has 0 amide bonds. The summed E-state index contributed by atoms with van der Waals surface area (Å²) in [5.41, 5.74) is 2.08. The molecule has 1 N–H and O–H groups in total. The van der Waals surface area contributed by atoms with E-state index in [1.807, 2.05) is 44.6 Å². The highest BCUT2D eigenvalue weighted by Crippen LogP contribution is 2.18. The molecule has 0 bridgehead atoms. The predicted molar refractivity (Wildman–Crippen MR) is 81.9 cm³/mol. The molecule has 0 aromatic carbocycles. The number of aromatic nitrogens is 3. The molecule has 2 aromatic rings. The Morgan fingerprint density at radius 2 is 2.10 bits per heavy atom. The SMILES string of the molecule is CCCNc1ncc(C)c(N(C)Cc2ccccn2)n1. The summed E-state index contributed by atoms with van der Waals surface area (Å²) >= 11 is 0. The molecule has 2 rings (SSSR count). The Morgan fingerprint density at radius 1 is 1.25 bits per heavy atom. The number of aryl methyl sites for hydroxylation is 1. The quantitative estimate of drug-likeness (QED) is 0.875. The van der Waals surface area contributed by atoms with Crippen LogP contribution in [0.2, 0.25) is 0 Å². The molecule has 2 aromatic heterocycles. The third kappa shape index (κ3) is 3.66. The van der Waals surface area contributed by atoms with Crippen molar-refractivity contribution in [2.75, 3.05) is 23.8 Å². The van der Waals surface area contributed by atoms with Gasteiger partial charge in [-0.05, 0) is 25.5 Å². The van der Waals surface area contributed by atoms with Gasteiger partial charge in [0, 0.05) is 31.5 Å². The van der Waals surface area contributed by atoms with Gasteiger partial charge in [0.15, 0.2) is 0 Å². The van der Waals surface area contributed by atoms with Gasteiger partial charge >= 0.3 is 0 Å². The standard InChI is InChI=1S/C15H21N5/c1-4-8-17-15-18-10-12(2)14(19-15)20(3)11-13-7-5-6-9-16-13/h5-7,9-10H,4,8,11H2,1-3H3,(H,17,18,19). The fourth-order valence-electron chi connectivity index (χ4n) is 1.95. The van der Waals surface area contributed by atoms with Crippen LogP contribution in [-0.4, -0.2) is 28.5 Å². The number of nitrogens with one attached hydrogen (secondary N) is 1. The molecule has 0 fully saturated rings. The maximum atomic E-state index is 4.58. The van der Waals surface area contributed by atoms with Crippen LogP contribution in [0.15, 0.2) is 30.6 Å². The third-order valence-electron chi connectivity index (χ3n) is 2.96. The van der Waals surface area contributed by atoms with E-state index in [2.05, 4.69) is 32.1 Å². The van der Waals surface area contributed by atoms with E-state index in [1.54, 1.807) is 0 Å². The molecule has 0 saturated heterocycles. The molecule has 0 aliphatic carbocycles. The monoisotopic (exact) mass is 271 g/mol. The van der Waals surface area contributed by atoms with E-state index in [4.69, 9.17) is 0 Å². The summed E-state index contributed by atoms with van der Waals surface area (Å²) < 4.78 is 0. The normalized spacial score (nSPS) is 10.3. The van der Waals surface area contributed by atoms with Crippen molar-refractivity contribution >= 4 is 11.8 Å². The van der Waals surface area contributed by atoms with Crippen molar-refractivity contribution in [2.24, 2.45) is 0 Å². The van der Waals surface area contributed by atoms with Gasteiger partial charge in [-0.15, -0.1) is 0 Å². The zero-order valence-electron chi connectivity index (χ0n) is 12.3. The van der Waals surface area contributed by atoms with Crippen molar-refractivity contribution < 1.29 is 0 Å². The second-order valence-electron chi connectivity index (χ2n) is 4.80. The van der Waals surface area contributed by atoms with Crippen LogP contribution < -0.4 is 10.2 Å². The molecule has 5 heteroatoms. The zero-order valence-corrected chi connectivity index (χ0v) is 12.3. The number of rotatable bonds is 6. The van der Waals surface area contributed by atoms with Gasteiger partial charge in [-0.3, -0.25) is 4.98 Å². The molecular formula is C15H21N5. The van der Waals surface area contributed by atoms with E-state index in [-0.39, 0.29) is 0 Å². The van der Waals surface area contributed by atoms with Crippen LogP contribution in [0.1, 0.15) is 24.6 Å². The highest BCUT2D eigenvalue weighted by Gasteiger charge is 2.09. The maximum Gasteiger partial charge on any atom is 0.224 e. The molecule has 2 heterocycles. The van der Waals surface area contributed by atoms with Crippen LogP contribution in [0.25, 0.3) is 0 Å². The molecular weight excluding hydrogens is 250 g/mol. The van der Waals surface area contributed by atoms with Crippen molar-refractivity contribution in [3.05, 3.63) is 41.9 Å². The van der Waals surface area contributed by atoms with Crippen LogP contribution in [0, 0.1) is 6.92 Å². The molecule has 0 atom stereocenters. The Labute approximate surface area is 120 Å². The molecule has 0 unspecified atom stereocenters. The van der Waals surface area contributed by atoms with Crippen molar-refractivity contribution in [3.8, 4) is 0 Å². The van der Waals surface area contributed by atoms with Crippen molar-refractivity contribution in [2.45, 2.75) is 26.8 Å². The average Bonchev–Trinajstić information content (AvgIpc) is 2.47. The first-order valence-corrected chi connectivity index (χ1v) is 6.89. The van der Waals surface area contributed by atoms with Crippen molar-refractivity contribution in [3.63, 3.8) is 0 Å². The van der Waals surface area contributed by atoms with Gasteiger partial charge in [0.05, 0.1) is 12.2 Å². The van der Waals surface area contributed by atoms with Gasteiger partial charge in [-0.1, -0.05) is 13.0 Å². The predicted octanol–water partition coefficient (Wildman–Crippen LogP) is 2.64. The van der Waals surface area contributed by atoms with Crippen LogP contribution in [-0.2, 0) is 6.54 Å². The maximum absolute atomic E-state index is 4.58. The van der Waals surface area contributed by atoms with Crippen LogP contribution in [0.4, 0.5) is 11.8 Å². The van der Waals surface area contributed by atoms with Gasteiger partial charge < -0.3 is 10.2 Å². The molecule has 5 nitrogen and oxygen atoms in total. The lowest BCUT2D eigenvalue weighted by Gasteiger charge is -2.20. The van der Waals surface area contributed by atoms with Gasteiger partial charge in [0.25, 0.3) is 0 Å². The molecule has 0 radical (unpaired) electrons. The van der Waals surface area contributed by atoms with E-state index >= 15 is 0 Å². The van der Waals surface area contributed by atoms with E-state index in [0.29, 0.717) is 5.95 Å². The Balaban J connectivity index is 2.13.